The third-order valence-corrected chi connectivity index (χ3v) is 2.16. The quantitative estimate of drug-likeness (QED) is 0.440. The summed E-state index contributed by atoms with van der Waals surface area (Å²) in [5.74, 6) is 0.793. The second kappa shape index (κ2) is 9.22. The lowest BCUT2D eigenvalue weighted by Crippen LogP contribution is -2.25. The van der Waals surface area contributed by atoms with Gasteiger partial charge in [-0.05, 0) is 32.9 Å². The van der Waals surface area contributed by atoms with E-state index in [2.05, 4.69) is 25.8 Å². The van der Waals surface area contributed by atoms with Gasteiger partial charge < -0.3 is 9.64 Å². The number of likely N-dealkylation sites (N-methyl/N-ethyl adjacent to an activating group) is 1. The normalized spacial score (nSPS) is 12.1. The number of hydrogen-bond donors (Lipinski definition) is 0. The molecule has 0 aromatic rings. The van der Waals surface area contributed by atoms with Crippen LogP contribution in [0.4, 0.5) is 0 Å². The molecule has 0 aliphatic carbocycles. The fourth-order valence-electron chi connectivity index (χ4n) is 1.06. The summed E-state index contributed by atoms with van der Waals surface area (Å²) in [4.78, 5) is 2.33. The molecule has 0 aliphatic rings. The highest BCUT2D eigenvalue weighted by Crippen LogP contribution is 1.99. The van der Waals surface area contributed by atoms with Gasteiger partial charge in [0.25, 0.3) is 0 Å². The van der Waals surface area contributed by atoms with Crippen molar-refractivity contribution in [2.75, 3.05) is 33.4 Å². The third-order valence-electron chi connectivity index (χ3n) is 2.16. The van der Waals surface area contributed by atoms with Crippen LogP contribution >= 0.6 is 0 Å². The fraction of sp³-hybridized carbons (Fsp3) is 0.833. The fourth-order valence-corrected chi connectivity index (χ4v) is 1.06. The molecular weight excluding hydrogens is 174 g/mol. The van der Waals surface area contributed by atoms with Crippen molar-refractivity contribution in [2.45, 2.75) is 27.2 Å². The minimum atomic E-state index is 0.745. The Morgan fingerprint density at radius 3 is 2.57 bits per heavy atom. The van der Waals surface area contributed by atoms with Crippen molar-refractivity contribution in [3.8, 4) is 0 Å². The summed E-state index contributed by atoms with van der Waals surface area (Å²) in [6.07, 6.45) is 5.32. The van der Waals surface area contributed by atoms with E-state index >= 15 is 0 Å². The lowest BCUT2D eigenvalue weighted by molar-refractivity contribution is 0.132. The van der Waals surface area contributed by atoms with Crippen molar-refractivity contribution < 1.29 is 4.74 Å². The van der Waals surface area contributed by atoms with Gasteiger partial charge in [0.2, 0.25) is 0 Å². The van der Waals surface area contributed by atoms with Crippen molar-refractivity contribution in [1.82, 2.24) is 4.90 Å². The minimum Gasteiger partial charge on any atom is -0.376 e. The van der Waals surface area contributed by atoms with E-state index < -0.39 is 0 Å². The van der Waals surface area contributed by atoms with E-state index in [1.165, 1.54) is 13.0 Å². The molecule has 0 bridgehead atoms. The average molecular weight is 199 g/mol. The van der Waals surface area contributed by atoms with Gasteiger partial charge in [0.15, 0.2) is 0 Å². The van der Waals surface area contributed by atoms with Crippen LogP contribution < -0.4 is 0 Å². The second-order valence-corrected chi connectivity index (χ2v) is 4.13. The Bertz CT molecular complexity index is 143. The highest BCUT2D eigenvalue weighted by Gasteiger charge is 1.99. The van der Waals surface area contributed by atoms with Gasteiger partial charge in [0.05, 0.1) is 13.2 Å². The van der Waals surface area contributed by atoms with Crippen LogP contribution in [0, 0.1) is 5.92 Å². The summed E-state index contributed by atoms with van der Waals surface area (Å²) in [6.45, 7) is 10.3. The molecule has 0 spiro atoms. The SMILES string of the molecule is C/C=C/COCCN(C)CCC(C)C. The first-order valence-electron chi connectivity index (χ1n) is 5.54. The van der Waals surface area contributed by atoms with Crippen LogP contribution in [0.5, 0.6) is 0 Å². The Morgan fingerprint density at radius 2 is 2.00 bits per heavy atom. The first kappa shape index (κ1) is 13.7. The summed E-state index contributed by atoms with van der Waals surface area (Å²) in [7, 11) is 2.15. The molecule has 2 heteroatoms. The second-order valence-electron chi connectivity index (χ2n) is 4.13. The van der Waals surface area contributed by atoms with Gasteiger partial charge in [-0.2, -0.15) is 0 Å². The summed E-state index contributed by atoms with van der Waals surface area (Å²) < 4.78 is 5.42. The van der Waals surface area contributed by atoms with E-state index in [4.69, 9.17) is 4.74 Å². The molecule has 0 saturated heterocycles. The zero-order valence-electron chi connectivity index (χ0n) is 10.1. The van der Waals surface area contributed by atoms with Crippen LogP contribution in [0.25, 0.3) is 0 Å². The molecule has 0 N–H and O–H groups in total. The van der Waals surface area contributed by atoms with Gasteiger partial charge in [-0.15, -0.1) is 0 Å². The molecule has 2 nitrogen and oxygen atoms in total. The standard InChI is InChI=1S/C12H25NO/c1-5-6-10-14-11-9-13(4)8-7-12(2)3/h5-6,12H,7-11H2,1-4H3/b6-5+. The van der Waals surface area contributed by atoms with E-state index in [0.29, 0.717) is 0 Å². The predicted molar refractivity (Wildman–Crippen MR) is 62.6 cm³/mol. The van der Waals surface area contributed by atoms with Gasteiger partial charge >= 0.3 is 0 Å². The third kappa shape index (κ3) is 9.75. The van der Waals surface area contributed by atoms with Crippen LogP contribution in [0.3, 0.4) is 0 Å². The van der Waals surface area contributed by atoms with Crippen LogP contribution in [0.1, 0.15) is 27.2 Å². The van der Waals surface area contributed by atoms with Crippen LogP contribution in [-0.2, 0) is 4.74 Å². The molecule has 0 amide bonds. The van der Waals surface area contributed by atoms with E-state index in [0.717, 1.165) is 25.7 Å². The highest BCUT2D eigenvalue weighted by molar-refractivity contribution is 4.75. The molecule has 0 atom stereocenters. The Labute approximate surface area is 88.9 Å². The average Bonchev–Trinajstić information content (AvgIpc) is 2.14. The number of ether oxygens (including phenoxy) is 1. The first-order valence-corrected chi connectivity index (χ1v) is 5.54. The molecule has 14 heavy (non-hydrogen) atoms. The number of hydrogen-bond acceptors (Lipinski definition) is 2. The molecule has 0 unspecified atom stereocenters. The highest BCUT2D eigenvalue weighted by atomic mass is 16.5. The van der Waals surface area contributed by atoms with Gasteiger partial charge in [-0.25, -0.2) is 0 Å². The van der Waals surface area contributed by atoms with Gasteiger partial charge in [0, 0.05) is 6.54 Å². The monoisotopic (exact) mass is 199 g/mol. The number of nitrogens with zero attached hydrogens (tertiary/aromatic N) is 1. The summed E-state index contributed by atoms with van der Waals surface area (Å²) in [6, 6.07) is 0. The van der Waals surface area contributed by atoms with Crippen LogP contribution in [0.2, 0.25) is 0 Å². The summed E-state index contributed by atoms with van der Waals surface area (Å²) in [5.41, 5.74) is 0. The number of allylic oxidation sites excluding steroid dienone is 1. The lowest BCUT2D eigenvalue weighted by atomic mass is 10.1. The van der Waals surface area contributed by atoms with Crippen molar-refractivity contribution >= 4 is 0 Å². The molecule has 0 aliphatic heterocycles. The van der Waals surface area contributed by atoms with Gasteiger partial charge in [-0.3, -0.25) is 0 Å². The maximum absolute atomic E-state index is 5.42. The molecule has 0 fully saturated rings. The maximum Gasteiger partial charge on any atom is 0.0648 e. The molecular formula is C12H25NO. The van der Waals surface area contributed by atoms with E-state index in [1.807, 2.05) is 19.1 Å². The Kier molecular flexibility index (Phi) is 9.00. The van der Waals surface area contributed by atoms with Crippen molar-refractivity contribution in [1.29, 1.82) is 0 Å². The van der Waals surface area contributed by atoms with Crippen LogP contribution in [-0.4, -0.2) is 38.3 Å². The largest absolute Gasteiger partial charge is 0.376 e. The summed E-state index contributed by atoms with van der Waals surface area (Å²) >= 11 is 0. The zero-order valence-corrected chi connectivity index (χ0v) is 10.1. The molecule has 0 heterocycles. The first-order chi connectivity index (χ1) is 6.66. The zero-order chi connectivity index (χ0) is 10.8. The van der Waals surface area contributed by atoms with E-state index in [1.54, 1.807) is 0 Å². The minimum absolute atomic E-state index is 0.745. The van der Waals surface area contributed by atoms with Gasteiger partial charge in [-0.1, -0.05) is 26.0 Å². The molecule has 0 radical (unpaired) electrons. The van der Waals surface area contributed by atoms with E-state index in [-0.39, 0.29) is 0 Å². The molecule has 0 saturated carbocycles. The summed E-state index contributed by atoms with van der Waals surface area (Å²) in [5, 5.41) is 0. The molecule has 84 valence electrons. The van der Waals surface area contributed by atoms with E-state index in [9.17, 15) is 0 Å². The topological polar surface area (TPSA) is 12.5 Å². The van der Waals surface area contributed by atoms with Crippen molar-refractivity contribution in [3.05, 3.63) is 12.2 Å². The van der Waals surface area contributed by atoms with Crippen molar-refractivity contribution in [3.63, 3.8) is 0 Å². The lowest BCUT2D eigenvalue weighted by Gasteiger charge is -2.17. The molecule has 0 aromatic carbocycles. The smallest absolute Gasteiger partial charge is 0.0648 e. The Morgan fingerprint density at radius 1 is 1.29 bits per heavy atom. The Balaban J connectivity index is 3.22. The molecule has 0 aromatic heterocycles. The van der Waals surface area contributed by atoms with Gasteiger partial charge in [0.1, 0.15) is 0 Å². The maximum atomic E-state index is 5.42. The van der Waals surface area contributed by atoms with Crippen molar-refractivity contribution in [2.24, 2.45) is 5.92 Å². The van der Waals surface area contributed by atoms with Crippen LogP contribution in [0.15, 0.2) is 12.2 Å². The molecule has 0 rings (SSSR count). The Hall–Kier alpha value is -0.340. The number of rotatable bonds is 8. The predicted octanol–water partition coefficient (Wildman–Crippen LogP) is 2.56.